The van der Waals surface area contributed by atoms with E-state index >= 15 is 0 Å². The summed E-state index contributed by atoms with van der Waals surface area (Å²) in [5, 5.41) is 15.3. The third-order valence-corrected chi connectivity index (χ3v) is 8.94. The Bertz CT molecular complexity index is 1370. The van der Waals surface area contributed by atoms with Gasteiger partial charge in [0, 0.05) is 16.9 Å². The number of fused-ring (bicyclic) bond motifs is 1. The number of aromatic nitrogens is 3. The average molecular weight is 597 g/mol. The zero-order valence-corrected chi connectivity index (χ0v) is 24.2. The van der Waals surface area contributed by atoms with Gasteiger partial charge in [-0.3, -0.25) is 9.59 Å². The molecule has 1 unspecified atom stereocenters. The summed E-state index contributed by atoms with van der Waals surface area (Å²) in [4.78, 5) is 39.4. The van der Waals surface area contributed by atoms with Crippen LogP contribution < -0.4 is 10.6 Å². The molecule has 2 aromatic heterocycles. The first-order chi connectivity index (χ1) is 18.2. The number of nitrogens with one attached hydrogen (secondary N) is 2. The molecule has 0 saturated heterocycles. The van der Waals surface area contributed by atoms with E-state index in [4.69, 9.17) is 27.9 Å². The van der Waals surface area contributed by atoms with Gasteiger partial charge in [-0.05, 0) is 63.3 Å². The summed E-state index contributed by atoms with van der Waals surface area (Å²) in [5.41, 5.74) is 1.78. The summed E-state index contributed by atoms with van der Waals surface area (Å²) >= 11 is 14.7. The van der Waals surface area contributed by atoms with E-state index in [1.807, 2.05) is 0 Å². The van der Waals surface area contributed by atoms with Crippen LogP contribution in [0.15, 0.2) is 23.4 Å². The van der Waals surface area contributed by atoms with Gasteiger partial charge in [-0.25, -0.2) is 4.79 Å². The fourth-order valence-corrected chi connectivity index (χ4v) is 6.64. The predicted octanol–water partition coefficient (Wildman–Crippen LogP) is 5.29. The molecule has 2 heterocycles. The number of hydrogen-bond donors (Lipinski definition) is 2. The maximum absolute atomic E-state index is 13.1. The molecule has 0 spiro atoms. The number of esters is 1. The van der Waals surface area contributed by atoms with Crippen LogP contribution in [0, 0.1) is 0 Å². The molecule has 3 aromatic rings. The summed E-state index contributed by atoms with van der Waals surface area (Å²) in [6, 6.07) is 4.64. The Balaban J connectivity index is 1.40. The van der Waals surface area contributed by atoms with E-state index in [-0.39, 0.29) is 30.0 Å². The van der Waals surface area contributed by atoms with Crippen LogP contribution in [0.1, 0.15) is 63.7 Å². The first-order valence-electron chi connectivity index (χ1n) is 12.1. The molecule has 1 atom stereocenters. The lowest BCUT2D eigenvalue weighted by molar-refractivity contribution is -0.115. The van der Waals surface area contributed by atoms with Gasteiger partial charge < -0.3 is 19.9 Å². The van der Waals surface area contributed by atoms with E-state index in [1.54, 1.807) is 37.6 Å². The first-order valence-corrected chi connectivity index (χ1v) is 14.6. The summed E-state index contributed by atoms with van der Waals surface area (Å²) in [7, 11) is 1.76. The van der Waals surface area contributed by atoms with Crippen molar-refractivity contribution < 1.29 is 19.1 Å². The molecule has 2 N–H and O–H groups in total. The van der Waals surface area contributed by atoms with Crippen LogP contribution in [-0.2, 0) is 36.0 Å². The number of anilines is 1. The van der Waals surface area contributed by atoms with Crippen molar-refractivity contribution in [3.05, 3.63) is 55.6 Å². The number of benzene rings is 1. The molecule has 0 aliphatic heterocycles. The molecule has 9 nitrogen and oxygen atoms in total. The maximum Gasteiger partial charge on any atom is 0.341 e. The molecule has 13 heteroatoms. The minimum atomic E-state index is -0.526. The molecule has 38 heavy (non-hydrogen) atoms. The predicted molar refractivity (Wildman–Crippen MR) is 150 cm³/mol. The van der Waals surface area contributed by atoms with Gasteiger partial charge in [-0.1, -0.05) is 35.0 Å². The van der Waals surface area contributed by atoms with Crippen molar-refractivity contribution in [2.45, 2.75) is 56.5 Å². The van der Waals surface area contributed by atoms with E-state index in [0.717, 1.165) is 36.1 Å². The molecule has 0 saturated carbocycles. The number of halogens is 2. The smallest absolute Gasteiger partial charge is 0.341 e. The standard InChI is InChI=1S/C25H27Cl2N5O4S2/c1-4-36-24(35)20-16-7-5-6-8-18(16)38-23(20)29-21(33)13(2)37-25-31-30-19(32(25)3)12-28-22(34)15-10-9-14(26)11-17(15)27/h9-11,13H,4-8,12H2,1-3H3,(H,28,34)(H,29,33). The topological polar surface area (TPSA) is 115 Å². The second-order valence-electron chi connectivity index (χ2n) is 8.65. The zero-order valence-electron chi connectivity index (χ0n) is 21.1. The molecule has 1 aliphatic rings. The van der Waals surface area contributed by atoms with Gasteiger partial charge in [0.25, 0.3) is 5.91 Å². The van der Waals surface area contributed by atoms with Crippen molar-refractivity contribution in [2.75, 3.05) is 11.9 Å². The number of hydrogen-bond acceptors (Lipinski definition) is 8. The van der Waals surface area contributed by atoms with Crippen molar-refractivity contribution in [3.8, 4) is 0 Å². The minimum Gasteiger partial charge on any atom is -0.462 e. The van der Waals surface area contributed by atoms with Gasteiger partial charge in [0.2, 0.25) is 5.91 Å². The van der Waals surface area contributed by atoms with Crippen LogP contribution in [0.3, 0.4) is 0 Å². The van der Waals surface area contributed by atoms with Gasteiger partial charge in [-0.15, -0.1) is 21.5 Å². The van der Waals surface area contributed by atoms with Crippen LogP contribution in [0.5, 0.6) is 0 Å². The van der Waals surface area contributed by atoms with E-state index in [0.29, 0.717) is 32.1 Å². The second-order valence-corrected chi connectivity index (χ2v) is 11.9. The molecule has 0 bridgehead atoms. The van der Waals surface area contributed by atoms with E-state index in [1.165, 1.54) is 29.2 Å². The largest absolute Gasteiger partial charge is 0.462 e. The normalized spacial score (nSPS) is 13.5. The van der Waals surface area contributed by atoms with Crippen molar-refractivity contribution in [1.29, 1.82) is 0 Å². The van der Waals surface area contributed by atoms with Gasteiger partial charge >= 0.3 is 5.97 Å². The lowest BCUT2D eigenvalue weighted by atomic mass is 9.95. The number of carbonyl (C=O) groups excluding carboxylic acids is 3. The van der Waals surface area contributed by atoms with Gasteiger partial charge in [0.05, 0.1) is 34.6 Å². The number of thiophene rings is 1. The van der Waals surface area contributed by atoms with Crippen LogP contribution in [-0.4, -0.2) is 44.4 Å². The maximum atomic E-state index is 13.1. The van der Waals surface area contributed by atoms with Gasteiger partial charge in [0.15, 0.2) is 11.0 Å². The van der Waals surface area contributed by atoms with Gasteiger partial charge in [0.1, 0.15) is 5.00 Å². The fourth-order valence-electron chi connectivity index (χ4n) is 4.03. The molecule has 1 aliphatic carbocycles. The van der Waals surface area contributed by atoms with Crippen molar-refractivity contribution >= 4 is 69.1 Å². The molecular formula is C25H27Cl2N5O4S2. The summed E-state index contributed by atoms with van der Waals surface area (Å²) in [6.07, 6.45) is 3.78. The van der Waals surface area contributed by atoms with E-state index in [9.17, 15) is 14.4 Å². The molecule has 1 aromatic carbocycles. The van der Waals surface area contributed by atoms with Crippen LogP contribution in [0.4, 0.5) is 5.00 Å². The molecule has 4 rings (SSSR count). The minimum absolute atomic E-state index is 0.117. The number of carbonyl (C=O) groups is 3. The fraction of sp³-hybridized carbons (Fsp3) is 0.400. The summed E-state index contributed by atoms with van der Waals surface area (Å²) < 4.78 is 6.99. The number of amides is 2. The highest BCUT2D eigenvalue weighted by molar-refractivity contribution is 8.00. The zero-order chi connectivity index (χ0) is 27.4. The lowest BCUT2D eigenvalue weighted by Crippen LogP contribution is -2.25. The number of ether oxygens (including phenoxy) is 1. The number of nitrogens with zero attached hydrogens (tertiary/aromatic N) is 3. The molecule has 0 fully saturated rings. The quantitative estimate of drug-likeness (QED) is 0.255. The van der Waals surface area contributed by atoms with Crippen molar-refractivity contribution in [1.82, 2.24) is 20.1 Å². The van der Waals surface area contributed by atoms with Crippen LogP contribution in [0.25, 0.3) is 0 Å². The Morgan fingerprint density at radius 1 is 1.21 bits per heavy atom. The highest BCUT2D eigenvalue weighted by Gasteiger charge is 2.29. The highest BCUT2D eigenvalue weighted by atomic mass is 35.5. The Labute approximate surface area is 238 Å². The van der Waals surface area contributed by atoms with Crippen molar-refractivity contribution in [2.24, 2.45) is 7.05 Å². The molecule has 0 radical (unpaired) electrons. The Morgan fingerprint density at radius 2 is 1.97 bits per heavy atom. The summed E-state index contributed by atoms with van der Waals surface area (Å²) in [5.74, 6) is -0.515. The SMILES string of the molecule is CCOC(=O)c1c(NC(=O)C(C)Sc2nnc(CNC(=O)c3ccc(Cl)cc3Cl)n2C)sc2c1CCCC2. The number of rotatable bonds is 9. The van der Waals surface area contributed by atoms with Gasteiger partial charge in [-0.2, -0.15) is 0 Å². The van der Waals surface area contributed by atoms with E-state index < -0.39 is 11.2 Å². The number of aryl methyl sites for hydroxylation is 1. The average Bonchev–Trinajstić information content (AvgIpc) is 3.42. The molecular weight excluding hydrogens is 569 g/mol. The Hall–Kier alpha value is -2.60. The third kappa shape index (κ3) is 6.33. The van der Waals surface area contributed by atoms with E-state index in [2.05, 4.69) is 20.8 Å². The lowest BCUT2D eigenvalue weighted by Gasteiger charge is -2.13. The Morgan fingerprint density at radius 3 is 2.71 bits per heavy atom. The highest BCUT2D eigenvalue weighted by Crippen LogP contribution is 2.39. The Kier molecular flexibility index (Phi) is 9.35. The molecule has 2 amide bonds. The summed E-state index contributed by atoms with van der Waals surface area (Å²) in [6.45, 7) is 3.91. The molecule has 202 valence electrons. The monoisotopic (exact) mass is 595 g/mol. The third-order valence-electron chi connectivity index (χ3n) is 6.05. The van der Waals surface area contributed by atoms with Crippen LogP contribution in [0.2, 0.25) is 10.0 Å². The van der Waals surface area contributed by atoms with Crippen molar-refractivity contribution in [3.63, 3.8) is 0 Å². The van der Waals surface area contributed by atoms with Crippen LogP contribution >= 0.6 is 46.3 Å². The second kappa shape index (κ2) is 12.5. The number of thioether (sulfide) groups is 1. The first kappa shape index (κ1) is 28.4.